The van der Waals surface area contributed by atoms with E-state index in [1.807, 2.05) is 72.8 Å². The second-order valence-electron chi connectivity index (χ2n) is 8.05. The smallest absolute Gasteiger partial charge is 0.259 e. The Labute approximate surface area is 226 Å². The molecule has 5 aromatic rings. The molecular weight excluding hydrogens is 583 g/mol. The number of hydrogen-bond donors (Lipinski definition) is 3. The van der Waals surface area contributed by atoms with E-state index < -0.39 is 5.91 Å². The van der Waals surface area contributed by atoms with Gasteiger partial charge in [-0.2, -0.15) is 5.10 Å². The van der Waals surface area contributed by atoms with E-state index >= 15 is 0 Å². The van der Waals surface area contributed by atoms with Crippen molar-refractivity contribution in [3.05, 3.63) is 118 Å². The van der Waals surface area contributed by atoms with Gasteiger partial charge in [-0.15, -0.1) is 5.23 Å². The van der Waals surface area contributed by atoms with Crippen LogP contribution in [0, 0.1) is 3.57 Å². The molecule has 5 rings (SSSR count). The lowest BCUT2D eigenvalue weighted by Crippen LogP contribution is -2.15. The van der Waals surface area contributed by atoms with Crippen molar-refractivity contribution in [2.75, 3.05) is 10.5 Å². The summed E-state index contributed by atoms with van der Waals surface area (Å²) in [6.07, 6.45) is 1.67. The Morgan fingerprint density at radius 1 is 0.865 bits per heavy atom. The molecule has 1 heterocycles. The first kappa shape index (κ1) is 24.5. The summed E-state index contributed by atoms with van der Waals surface area (Å²) >= 11 is 2.19. The minimum atomic E-state index is -0.416. The van der Waals surface area contributed by atoms with Crippen LogP contribution in [0.25, 0.3) is 16.9 Å². The van der Waals surface area contributed by atoms with Crippen LogP contribution in [0.3, 0.4) is 0 Å². The predicted octanol–water partition coefficient (Wildman–Crippen LogP) is 6.77. The number of nitrogens with zero attached hydrogens (tertiary/aromatic N) is 3. The summed E-state index contributed by atoms with van der Waals surface area (Å²) in [6, 6.07) is 30.8. The summed E-state index contributed by atoms with van der Waals surface area (Å²) in [7, 11) is 0. The van der Waals surface area contributed by atoms with Gasteiger partial charge in [0, 0.05) is 33.2 Å². The van der Waals surface area contributed by atoms with Crippen molar-refractivity contribution >= 4 is 39.9 Å². The van der Waals surface area contributed by atoms with Gasteiger partial charge in [0.25, 0.3) is 5.91 Å². The maximum Gasteiger partial charge on any atom is 0.259 e. The van der Waals surface area contributed by atoms with E-state index in [0.717, 1.165) is 14.8 Å². The Balaban J connectivity index is 1.49. The van der Waals surface area contributed by atoms with Gasteiger partial charge in [0.1, 0.15) is 22.9 Å². The van der Waals surface area contributed by atoms with Gasteiger partial charge in [-0.05, 0) is 65.1 Å². The Morgan fingerprint density at radius 3 is 2.22 bits per heavy atom. The molecule has 0 unspecified atom stereocenters. The summed E-state index contributed by atoms with van der Waals surface area (Å²) in [5.74, 6) is 0.457. The molecule has 1 amide bonds. The van der Waals surface area contributed by atoms with Crippen LogP contribution in [0.1, 0.15) is 10.4 Å². The van der Waals surface area contributed by atoms with E-state index in [1.54, 1.807) is 29.1 Å². The van der Waals surface area contributed by atoms with E-state index in [9.17, 15) is 15.2 Å². The number of anilines is 2. The number of ether oxygens (including phenoxy) is 1. The zero-order chi connectivity index (χ0) is 25.8. The molecule has 184 valence electrons. The first-order chi connectivity index (χ1) is 18.0. The highest BCUT2D eigenvalue weighted by Crippen LogP contribution is 2.31. The third-order valence-electron chi connectivity index (χ3n) is 5.46. The lowest BCUT2D eigenvalue weighted by molar-refractivity contribution is 0.0290. The van der Waals surface area contributed by atoms with E-state index in [4.69, 9.17) is 4.74 Å². The number of carbonyl (C=O) groups excluding carboxylic acids is 1. The monoisotopic (exact) mass is 604 g/mol. The fraction of sp³-hybridized carbons (Fsp3) is 0. The highest BCUT2D eigenvalue weighted by atomic mass is 127. The predicted molar refractivity (Wildman–Crippen MR) is 149 cm³/mol. The van der Waals surface area contributed by atoms with Crippen molar-refractivity contribution in [3.63, 3.8) is 0 Å². The van der Waals surface area contributed by atoms with Crippen LogP contribution < -0.4 is 15.3 Å². The Morgan fingerprint density at radius 2 is 1.54 bits per heavy atom. The van der Waals surface area contributed by atoms with Crippen molar-refractivity contribution in [3.8, 4) is 28.4 Å². The molecule has 9 heteroatoms. The number of benzene rings is 4. The molecule has 0 fully saturated rings. The van der Waals surface area contributed by atoms with Crippen LogP contribution in [0.5, 0.6) is 11.5 Å². The standard InChI is InChI=1S/C28H21IN4O4/c29-20-11-13-24(14-12-20)37-25-16-21(15-23(17-25)33(35)36)30-28(34)26-18-32(22-9-5-2-6-10-22)31-27(26)19-7-3-1-4-8-19/h1-18,35-36H,(H,30,34). The summed E-state index contributed by atoms with van der Waals surface area (Å²) in [5.41, 5.74) is 2.79. The molecule has 3 N–H and O–H groups in total. The molecule has 0 radical (unpaired) electrons. The molecule has 1 aromatic heterocycles. The minimum absolute atomic E-state index is 0.0153. The number of rotatable bonds is 7. The second-order valence-corrected chi connectivity index (χ2v) is 9.30. The minimum Gasteiger partial charge on any atom is -0.457 e. The van der Waals surface area contributed by atoms with Gasteiger partial charge in [0.2, 0.25) is 0 Å². The number of para-hydroxylation sites is 1. The molecule has 4 aromatic carbocycles. The quantitative estimate of drug-likeness (QED) is 0.140. The molecule has 0 saturated carbocycles. The topological polar surface area (TPSA) is 99.9 Å². The van der Waals surface area contributed by atoms with Crippen molar-refractivity contribution in [1.29, 1.82) is 0 Å². The second kappa shape index (κ2) is 10.8. The average Bonchev–Trinajstić information content (AvgIpc) is 3.37. The Bertz CT molecular complexity index is 1520. The van der Waals surface area contributed by atoms with Gasteiger partial charge in [-0.1, -0.05) is 48.5 Å². The van der Waals surface area contributed by atoms with E-state index in [1.165, 1.54) is 12.1 Å². The van der Waals surface area contributed by atoms with Crippen LogP contribution in [-0.2, 0) is 0 Å². The number of nitrogens with one attached hydrogen (secondary N) is 1. The van der Waals surface area contributed by atoms with Crippen molar-refractivity contribution in [2.24, 2.45) is 0 Å². The van der Waals surface area contributed by atoms with E-state index in [2.05, 4.69) is 33.0 Å². The maximum atomic E-state index is 13.5. The number of amides is 1. The van der Waals surface area contributed by atoms with Crippen LogP contribution >= 0.6 is 22.6 Å². The van der Waals surface area contributed by atoms with E-state index in [-0.39, 0.29) is 10.9 Å². The van der Waals surface area contributed by atoms with Gasteiger partial charge in [0.05, 0.1) is 11.3 Å². The fourth-order valence-electron chi connectivity index (χ4n) is 3.73. The number of aromatic nitrogens is 2. The van der Waals surface area contributed by atoms with Gasteiger partial charge in [-0.25, -0.2) is 4.68 Å². The normalized spacial score (nSPS) is 10.7. The zero-order valence-electron chi connectivity index (χ0n) is 19.3. The molecule has 0 atom stereocenters. The Hall–Kier alpha value is -4.19. The summed E-state index contributed by atoms with van der Waals surface area (Å²) in [5, 5.41) is 26.8. The van der Waals surface area contributed by atoms with Crippen LogP contribution in [-0.4, -0.2) is 26.1 Å². The SMILES string of the molecule is O=C(Nc1cc(Oc2ccc(I)cc2)cc(N(O)O)c1)c1cn(-c2ccccc2)nc1-c1ccccc1. The van der Waals surface area contributed by atoms with Gasteiger partial charge in [-0.3, -0.25) is 15.2 Å². The third-order valence-corrected chi connectivity index (χ3v) is 6.18. The average molecular weight is 604 g/mol. The van der Waals surface area contributed by atoms with E-state index in [0.29, 0.717) is 28.4 Å². The van der Waals surface area contributed by atoms with Gasteiger partial charge in [0.15, 0.2) is 0 Å². The van der Waals surface area contributed by atoms with Crippen molar-refractivity contribution in [2.45, 2.75) is 0 Å². The molecule has 0 spiro atoms. The molecule has 8 nitrogen and oxygen atoms in total. The number of halogens is 1. The van der Waals surface area contributed by atoms with Crippen LogP contribution in [0.4, 0.5) is 11.4 Å². The zero-order valence-corrected chi connectivity index (χ0v) is 21.5. The van der Waals surface area contributed by atoms with Gasteiger partial charge >= 0.3 is 0 Å². The lowest BCUT2D eigenvalue weighted by Gasteiger charge is -2.14. The molecule has 0 bridgehead atoms. The molecule has 0 aliphatic heterocycles. The fourth-order valence-corrected chi connectivity index (χ4v) is 4.09. The van der Waals surface area contributed by atoms with Gasteiger partial charge < -0.3 is 10.1 Å². The maximum absolute atomic E-state index is 13.5. The van der Waals surface area contributed by atoms with Crippen molar-refractivity contribution < 1.29 is 19.9 Å². The first-order valence-corrected chi connectivity index (χ1v) is 12.3. The summed E-state index contributed by atoms with van der Waals surface area (Å²) in [4.78, 5) is 13.5. The summed E-state index contributed by atoms with van der Waals surface area (Å²) in [6.45, 7) is 0. The third kappa shape index (κ3) is 5.80. The number of hydrogen-bond acceptors (Lipinski definition) is 6. The number of carbonyl (C=O) groups is 1. The molecule has 0 aliphatic rings. The highest BCUT2D eigenvalue weighted by molar-refractivity contribution is 14.1. The van der Waals surface area contributed by atoms with Crippen LogP contribution in [0.15, 0.2) is 109 Å². The highest BCUT2D eigenvalue weighted by Gasteiger charge is 2.20. The largest absolute Gasteiger partial charge is 0.457 e. The summed E-state index contributed by atoms with van der Waals surface area (Å²) < 4.78 is 8.59. The van der Waals surface area contributed by atoms with Crippen molar-refractivity contribution in [1.82, 2.24) is 9.78 Å². The molecule has 0 aliphatic carbocycles. The molecule has 37 heavy (non-hydrogen) atoms. The van der Waals surface area contributed by atoms with Crippen LogP contribution in [0.2, 0.25) is 0 Å². The lowest BCUT2D eigenvalue weighted by atomic mass is 10.1. The molecule has 0 saturated heterocycles. The first-order valence-electron chi connectivity index (χ1n) is 11.2. The molecular formula is C28H21IN4O4. The Kier molecular flexibility index (Phi) is 7.17.